The largest absolute Gasteiger partial charge is 0.478 e. The molecule has 0 unspecified atom stereocenters. The fraction of sp³-hybridized carbons (Fsp3) is 0.300. The molecule has 90 valence electrons. The molecule has 1 amide bonds. The number of rotatable bonds is 2. The van der Waals surface area contributed by atoms with Crippen LogP contribution in [-0.2, 0) is 4.79 Å². The van der Waals surface area contributed by atoms with E-state index in [0.717, 1.165) is 0 Å². The summed E-state index contributed by atoms with van der Waals surface area (Å²) in [7, 11) is 0. The van der Waals surface area contributed by atoms with Crippen molar-refractivity contribution in [2.24, 2.45) is 0 Å². The highest BCUT2D eigenvalue weighted by molar-refractivity contribution is 9.10. The number of aromatic nitrogens is 1. The number of nitrogens with zero attached hydrogens (tertiary/aromatic N) is 2. The molecule has 6 nitrogen and oxygen atoms in total. The average molecular weight is 300 g/mol. The molecule has 0 aromatic carbocycles. The number of piperazine rings is 1. The first-order valence-corrected chi connectivity index (χ1v) is 5.78. The van der Waals surface area contributed by atoms with Crippen molar-refractivity contribution in [3.05, 3.63) is 22.3 Å². The lowest BCUT2D eigenvalue weighted by Crippen LogP contribution is -2.48. The van der Waals surface area contributed by atoms with Crippen LogP contribution < -0.4 is 10.2 Å². The molecular weight excluding hydrogens is 290 g/mol. The normalized spacial score (nSPS) is 15.6. The number of hydrogen-bond donors (Lipinski definition) is 2. The minimum atomic E-state index is -1.05. The summed E-state index contributed by atoms with van der Waals surface area (Å²) in [5, 5.41) is 11.7. The van der Waals surface area contributed by atoms with Crippen LogP contribution in [0.25, 0.3) is 0 Å². The van der Waals surface area contributed by atoms with Gasteiger partial charge in [0.1, 0.15) is 16.0 Å². The van der Waals surface area contributed by atoms with Crippen molar-refractivity contribution >= 4 is 33.6 Å². The van der Waals surface area contributed by atoms with E-state index in [9.17, 15) is 9.59 Å². The standard InChI is InChI=1S/C10H10BrN3O3/c11-7-2-1-6(10(16)17)9(13-7)14-4-3-12-8(15)5-14/h1-2H,3-5H2,(H,12,15)(H,16,17). The molecule has 2 heterocycles. The third-order valence-electron chi connectivity index (χ3n) is 2.41. The van der Waals surface area contributed by atoms with E-state index in [1.54, 1.807) is 11.0 Å². The first-order chi connectivity index (χ1) is 8.08. The maximum absolute atomic E-state index is 11.3. The van der Waals surface area contributed by atoms with E-state index in [4.69, 9.17) is 5.11 Å². The summed E-state index contributed by atoms with van der Waals surface area (Å²) >= 11 is 3.20. The molecular formula is C10H10BrN3O3. The quantitative estimate of drug-likeness (QED) is 0.776. The molecule has 17 heavy (non-hydrogen) atoms. The van der Waals surface area contributed by atoms with E-state index in [0.29, 0.717) is 23.5 Å². The third-order valence-corrected chi connectivity index (χ3v) is 2.85. The Bertz CT molecular complexity index is 478. The van der Waals surface area contributed by atoms with Crippen LogP contribution in [0, 0.1) is 0 Å². The van der Waals surface area contributed by atoms with Crippen molar-refractivity contribution in [2.45, 2.75) is 0 Å². The Morgan fingerprint density at radius 3 is 2.94 bits per heavy atom. The van der Waals surface area contributed by atoms with Crippen molar-refractivity contribution in [3.8, 4) is 0 Å². The molecule has 1 aliphatic rings. The Morgan fingerprint density at radius 2 is 2.29 bits per heavy atom. The van der Waals surface area contributed by atoms with E-state index in [2.05, 4.69) is 26.2 Å². The number of carbonyl (C=O) groups is 2. The van der Waals surface area contributed by atoms with Crippen LogP contribution in [0.4, 0.5) is 5.82 Å². The number of halogens is 1. The lowest BCUT2D eigenvalue weighted by molar-refractivity contribution is -0.120. The number of amides is 1. The molecule has 0 saturated carbocycles. The van der Waals surface area contributed by atoms with Crippen LogP contribution in [0.15, 0.2) is 16.7 Å². The highest BCUT2D eigenvalue weighted by Crippen LogP contribution is 2.21. The highest BCUT2D eigenvalue weighted by Gasteiger charge is 2.22. The summed E-state index contributed by atoms with van der Waals surface area (Å²) in [5.41, 5.74) is 0.0999. The fourth-order valence-electron chi connectivity index (χ4n) is 1.65. The van der Waals surface area contributed by atoms with Gasteiger partial charge in [0.2, 0.25) is 5.91 Å². The van der Waals surface area contributed by atoms with Crippen molar-refractivity contribution in [1.82, 2.24) is 10.3 Å². The van der Waals surface area contributed by atoms with Crippen LogP contribution >= 0.6 is 15.9 Å². The van der Waals surface area contributed by atoms with Gasteiger partial charge in [0, 0.05) is 13.1 Å². The van der Waals surface area contributed by atoms with E-state index in [1.165, 1.54) is 6.07 Å². The van der Waals surface area contributed by atoms with Crippen molar-refractivity contribution < 1.29 is 14.7 Å². The lowest BCUT2D eigenvalue weighted by Gasteiger charge is -2.28. The molecule has 7 heteroatoms. The van der Waals surface area contributed by atoms with Crippen LogP contribution in [0.1, 0.15) is 10.4 Å². The number of anilines is 1. The summed E-state index contributed by atoms with van der Waals surface area (Å²) < 4.78 is 0.545. The van der Waals surface area contributed by atoms with Gasteiger partial charge in [0.25, 0.3) is 0 Å². The predicted octanol–water partition coefficient (Wildman–Crippen LogP) is 0.478. The third kappa shape index (κ3) is 2.55. The van der Waals surface area contributed by atoms with E-state index >= 15 is 0 Å². The molecule has 2 N–H and O–H groups in total. The Hall–Kier alpha value is -1.63. The summed E-state index contributed by atoms with van der Waals surface area (Å²) in [6.07, 6.45) is 0. The highest BCUT2D eigenvalue weighted by atomic mass is 79.9. The number of hydrogen-bond acceptors (Lipinski definition) is 4. The van der Waals surface area contributed by atoms with Crippen molar-refractivity contribution in [2.75, 3.05) is 24.5 Å². The monoisotopic (exact) mass is 299 g/mol. The number of carboxylic acid groups (broad SMARTS) is 1. The van der Waals surface area contributed by atoms with Gasteiger partial charge >= 0.3 is 5.97 Å². The Labute approximate surface area is 106 Å². The molecule has 1 saturated heterocycles. The van der Waals surface area contributed by atoms with Gasteiger partial charge in [-0.25, -0.2) is 9.78 Å². The number of aromatic carboxylic acids is 1. The second-order valence-corrected chi connectivity index (χ2v) is 4.39. The number of carboxylic acids is 1. The van der Waals surface area contributed by atoms with Gasteiger partial charge < -0.3 is 15.3 Å². The number of nitrogens with one attached hydrogen (secondary N) is 1. The van der Waals surface area contributed by atoms with E-state index in [-0.39, 0.29) is 18.0 Å². The molecule has 0 atom stereocenters. The fourth-order valence-corrected chi connectivity index (χ4v) is 1.95. The summed E-state index contributed by atoms with van der Waals surface area (Å²) in [4.78, 5) is 28.1. The van der Waals surface area contributed by atoms with Crippen LogP contribution in [0.5, 0.6) is 0 Å². The molecule has 2 rings (SSSR count). The zero-order chi connectivity index (χ0) is 12.4. The van der Waals surface area contributed by atoms with Gasteiger partial charge in [0.05, 0.1) is 6.54 Å². The predicted molar refractivity (Wildman–Crippen MR) is 64.1 cm³/mol. The topological polar surface area (TPSA) is 82.5 Å². The SMILES string of the molecule is O=C1CN(c2nc(Br)ccc2C(=O)O)CCN1. The van der Waals surface area contributed by atoms with E-state index < -0.39 is 5.97 Å². The maximum Gasteiger partial charge on any atom is 0.339 e. The zero-order valence-electron chi connectivity index (χ0n) is 8.81. The second kappa shape index (κ2) is 4.70. The smallest absolute Gasteiger partial charge is 0.339 e. The van der Waals surface area contributed by atoms with Gasteiger partial charge in [-0.3, -0.25) is 4.79 Å². The average Bonchev–Trinajstić information content (AvgIpc) is 2.28. The Balaban J connectivity index is 2.38. The van der Waals surface area contributed by atoms with Gasteiger partial charge in [-0.1, -0.05) is 0 Å². The minimum Gasteiger partial charge on any atom is -0.478 e. The summed E-state index contributed by atoms with van der Waals surface area (Å²) in [6, 6.07) is 3.04. The molecule has 1 aromatic rings. The first-order valence-electron chi connectivity index (χ1n) is 4.99. The Morgan fingerprint density at radius 1 is 1.53 bits per heavy atom. The lowest BCUT2D eigenvalue weighted by atomic mass is 10.2. The molecule has 1 aliphatic heterocycles. The Kier molecular flexibility index (Phi) is 3.28. The molecule has 1 aromatic heterocycles. The van der Waals surface area contributed by atoms with Crippen LogP contribution in [-0.4, -0.2) is 41.6 Å². The van der Waals surface area contributed by atoms with Gasteiger partial charge in [-0.2, -0.15) is 0 Å². The van der Waals surface area contributed by atoms with Gasteiger partial charge in [-0.15, -0.1) is 0 Å². The van der Waals surface area contributed by atoms with Gasteiger partial charge in [-0.05, 0) is 28.1 Å². The van der Waals surface area contributed by atoms with Crippen LogP contribution in [0.3, 0.4) is 0 Å². The van der Waals surface area contributed by atoms with Crippen molar-refractivity contribution in [3.63, 3.8) is 0 Å². The van der Waals surface area contributed by atoms with E-state index in [1.807, 2.05) is 0 Å². The minimum absolute atomic E-state index is 0.0999. The molecule has 0 bridgehead atoms. The second-order valence-electron chi connectivity index (χ2n) is 3.58. The molecule has 1 fully saturated rings. The maximum atomic E-state index is 11.3. The number of pyridine rings is 1. The van der Waals surface area contributed by atoms with Gasteiger partial charge in [0.15, 0.2) is 0 Å². The first kappa shape index (κ1) is 11.8. The molecule has 0 radical (unpaired) electrons. The van der Waals surface area contributed by atoms with Crippen LogP contribution in [0.2, 0.25) is 0 Å². The summed E-state index contributed by atoms with van der Waals surface area (Å²) in [5.74, 6) is -0.859. The van der Waals surface area contributed by atoms with Crippen molar-refractivity contribution in [1.29, 1.82) is 0 Å². The number of carbonyl (C=O) groups excluding carboxylic acids is 1. The molecule has 0 spiro atoms. The molecule has 0 aliphatic carbocycles. The summed E-state index contributed by atoms with van der Waals surface area (Å²) in [6.45, 7) is 1.17. The zero-order valence-corrected chi connectivity index (χ0v) is 10.4.